The Morgan fingerprint density at radius 1 is 1.46 bits per heavy atom. The highest BCUT2D eigenvalue weighted by atomic mass is 32.2. The van der Waals surface area contributed by atoms with Crippen LogP contribution in [0.5, 0.6) is 0 Å². The van der Waals surface area contributed by atoms with Gasteiger partial charge in [-0.1, -0.05) is 19.8 Å². The average molecular weight is 204 g/mol. The Morgan fingerprint density at radius 3 is 2.23 bits per heavy atom. The van der Waals surface area contributed by atoms with Gasteiger partial charge in [0.05, 0.1) is 6.04 Å². The first-order valence-electron chi connectivity index (χ1n) is 4.21. The molecule has 0 saturated heterocycles. The summed E-state index contributed by atoms with van der Waals surface area (Å²) < 4.78 is 26.7. The van der Waals surface area contributed by atoms with Crippen LogP contribution < -0.4 is 4.72 Å². The third-order valence-corrected chi connectivity index (χ3v) is 3.47. The lowest BCUT2D eigenvalue weighted by Gasteiger charge is -2.19. The zero-order valence-corrected chi connectivity index (χ0v) is 9.06. The molecule has 0 bridgehead atoms. The number of terminal acetylenes is 1. The van der Waals surface area contributed by atoms with Crippen molar-refractivity contribution in [2.75, 3.05) is 13.1 Å². The number of hydrogen-bond acceptors (Lipinski definition) is 2. The monoisotopic (exact) mass is 204 g/mol. The van der Waals surface area contributed by atoms with E-state index < -0.39 is 16.3 Å². The van der Waals surface area contributed by atoms with Gasteiger partial charge < -0.3 is 0 Å². The minimum absolute atomic E-state index is 0.448. The van der Waals surface area contributed by atoms with Crippen LogP contribution in [0.15, 0.2) is 0 Å². The number of rotatable bonds is 5. The highest BCUT2D eigenvalue weighted by Gasteiger charge is 2.19. The van der Waals surface area contributed by atoms with Gasteiger partial charge in [0.2, 0.25) is 0 Å². The van der Waals surface area contributed by atoms with Crippen LogP contribution in [0.3, 0.4) is 0 Å². The van der Waals surface area contributed by atoms with E-state index in [-0.39, 0.29) is 0 Å². The predicted molar refractivity (Wildman–Crippen MR) is 53.3 cm³/mol. The Bertz CT molecular complexity index is 275. The van der Waals surface area contributed by atoms with E-state index in [4.69, 9.17) is 6.42 Å². The van der Waals surface area contributed by atoms with Crippen molar-refractivity contribution in [3.63, 3.8) is 0 Å². The van der Waals surface area contributed by atoms with Crippen molar-refractivity contribution in [3.05, 3.63) is 0 Å². The summed E-state index contributed by atoms with van der Waals surface area (Å²) in [6, 6.07) is -0.467. The van der Waals surface area contributed by atoms with Crippen LogP contribution in [0.4, 0.5) is 0 Å². The van der Waals surface area contributed by atoms with Crippen LogP contribution in [0.2, 0.25) is 0 Å². The Labute approximate surface area is 80.5 Å². The molecule has 5 heteroatoms. The second-order valence-electron chi connectivity index (χ2n) is 2.60. The number of nitrogens with zero attached hydrogens (tertiary/aromatic N) is 1. The summed E-state index contributed by atoms with van der Waals surface area (Å²) in [6.07, 6.45) is 5.07. The summed E-state index contributed by atoms with van der Waals surface area (Å²) in [5.41, 5.74) is 0. The number of hydrogen-bond donors (Lipinski definition) is 1. The van der Waals surface area contributed by atoms with Gasteiger partial charge in [0, 0.05) is 13.1 Å². The second kappa shape index (κ2) is 5.22. The molecular formula is C8H16N2O2S. The molecule has 0 amide bonds. The van der Waals surface area contributed by atoms with Gasteiger partial charge in [0.25, 0.3) is 10.2 Å². The van der Waals surface area contributed by atoms with Crippen LogP contribution >= 0.6 is 0 Å². The van der Waals surface area contributed by atoms with Gasteiger partial charge in [-0.25, -0.2) is 0 Å². The summed E-state index contributed by atoms with van der Waals surface area (Å²) in [6.45, 7) is 6.08. The molecule has 1 atom stereocenters. The van der Waals surface area contributed by atoms with E-state index in [0.29, 0.717) is 13.1 Å². The van der Waals surface area contributed by atoms with Crippen LogP contribution in [-0.4, -0.2) is 31.9 Å². The van der Waals surface area contributed by atoms with Gasteiger partial charge in [0.15, 0.2) is 0 Å². The lowest BCUT2D eigenvalue weighted by atomic mass is 10.4. The van der Waals surface area contributed by atoms with Gasteiger partial charge in [-0.15, -0.1) is 6.42 Å². The first-order chi connectivity index (χ1) is 5.97. The highest BCUT2D eigenvalue weighted by Crippen LogP contribution is 1.97. The standard InChI is InChI=1S/C8H16N2O2S/c1-5-8(4)9-13(11,12)10(6-2)7-3/h1,8-9H,6-7H2,2-4H3. The Kier molecular flexibility index (Phi) is 4.99. The van der Waals surface area contributed by atoms with Crippen LogP contribution in [0, 0.1) is 12.3 Å². The molecule has 0 aliphatic carbocycles. The Balaban J connectivity index is 4.49. The van der Waals surface area contributed by atoms with Crippen LogP contribution in [0.25, 0.3) is 0 Å². The van der Waals surface area contributed by atoms with Crippen molar-refractivity contribution in [2.24, 2.45) is 0 Å². The fourth-order valence-electron chi connectivity index (χ4n) is 0.895. The summed E-state index contributed by atoms with van der Waals surface area (Å²) >= 11 is 0. The molecule has 0 aromatic carbocycles. The lowest BCUT2D eigenvalue weighted by molar-refractivity contribution is 0.433. The molecule has 0 aromatic rings. The molecule has 0 spiro atoms. The second-order valence-corrected chi connectivity index (χ2v) is 4.30. The maximum Gasteiger partial charge on any atom is 0.280 e. The molecule has 76 valence electrons. The van der Waals surface area contributed by atoms with Gasteiger partial charge in [-0.2, -0.15) is 17.4 Å². The molecule has 0 aliphatic heterocycles. The predicted octanol–water partition coefficient (Wildman–Crippen LogP) is 0.184. The molecule has 1 unspecified atom stereocenters. The molecule has 0 aromatic heterocycles. The minimum atomic E-state index is -3.39. The molecule has 4 nitrogen and oxygen atoms in total. The van der Waals surface area contributed by atoms with E-state index in [2.05, 4.69) is 10.6 Å². The van der Waals surface area contributed by atoms with E-state index >= 15 is 0 Å². The molecule has 1 N–H and O–H groups in total. The van der Waals surface area contributed by atoms with Gasteiger partial charge >= 0.3 is 0 Å². The van der Waals surface area contributed by atoms with Crippen LogP contribution in [0.1, 0.15) is 20.8 Å². The molecule has 0 radical (unpaired) electrons. The maximum atomic E-state index is 11.5. The van der Waals surface area contributed by atoms with Gasteiger partial charge in [-0.3, -0.25) is 0 Å². The lowest BCUT2D eigenvalue weighted by Crippen LogP contribution is -2.43. The maximum absolute atomic E-state index is 11.5. The largest absolute Gasteiger partial charge is 0.280 e. The Morgan fingerprint density at radius 2 is 1.92 bits per heavy atom. The first kappa shape index (κ1) is 12.4. The van der Waals surface area contributed by atoms with E-state index in [9.17, 15) is 8.42 Å². The SMILES string of the molecule is C#CC(C)NS(=O)(=O)N(CC)CC. The van der Waals surface area contributed by atoms with Crippen LogP contribution in [-0.2, 0) is 10.2 Å². The molecule has 0 rings (SSSR count). The van der Waals surface area contributed by atoms with Crippen molar-refractivity contribution < 1.29 is 8.42 Å². The molecule has 0 heterocycles. The molecule has 0 fully saturated rings. The van der Waals surface area contributed by atoms with Crippen molar-refractivity contribution in [3.8, 4) is 12.3 Å². The third-order valence-electron chi connectivity index (χ3n) is 1.62. The van der Waals surface area contributed by atoms with E-state index in [1.807, 2.05) is 0 Å². The van der Waals surface area contributed by atoms with Crippen molar-refractivity contribution in [1.82, 2.24) is 9.03 Å². The molecule has 0 aliphatic rings. The summed E-state index contributed by atoms with van der Waals surface area (Å²) in [7, 11) is -3.39. The molecular weight excluding hydrogens is 188 g/mol. The summed E-state index contributed by atoms with van der Waals surface area (Å²) in [5, 5.41) is 0. The van der Waals surface area contributed by atoms with Crippen molar-refractivity contribution >= 4 is 10.2 Å². The van der Waals surface area contributed by atoms with Crippen molar-refractivity contribution in [2.45, 2.75) is 26.8 Å². The fourth-order valence-corrected chi connectivity index (χ4v) is 2.24. The fraction of sp³-hybridized carbons (Fsp3) is 0.750. The average Bonchev–Trinajstić information content (AvgIpc) is 2.05. The topological polar surface area (TPSA) is 49.4 Å². The quantitative estimate of drug-likeness (QED) is 0.650. The summed E-state index contributed by atoms with van der Waals surface area (Å²) in [4.78, 5) is 0. The van der Waals surface area contributed by atoms with E-state index in [1.165, 1.54) is 4.31 Å². The van der Waals surface area contributed by atoms with Gasteiger partial charge in [0.1, 0.15) is 0 Å². The number of nitrogens with one attached hydrogen (secondary N) is 1. The van der Waals surface area contributed by atoms with Gasteiger partial charge in [-0.05, 0) is 6.92 Å². The smallest absolute Gasteiger partial charge is 0.195 e. The molecule has 0 saturated carbocycles. The Hall–Kier alpha value is -0.570. The van der Waals surface area contributed by atoms with E-state index in [1.54, 1.807) is 20.8 Å². The minimum Gasteiger partial charge on any atom is -0.195 e. The zero-order chi connectivity index (χ0) is 10.5. The first-order valence-corrected chi connectivity index (χ1v) is 5.65. The summed E-state index contributed by atoms with van der Waals surface area (Å²) in [5.74, 6) is 2.31. The third kappa shape index (κ3) is 3.77. The van der Waals surface area contributed by atoms with E-state index in [0.717, 1.165) is 0 Å². The zero-order valence-electron chi connectivity index (χ0n) is 8.24. The molecule has 13 heavy (non-hydrogen) atoms. The normalized spacial score (nSPS) is 14.1. The van der Waals surface area contributed by atoms with Crippen molar-refractivity contribution in [1.29, 1.82) is 0 Å². The highest BCUT2D eigenvalue weighted by molar-refractivity contribution is 7.87.